The van der Waals surface area contributed by atoms with Crippen molar-refractivity contribution in [2.24, 2.45) is 22.9 Å². The smallest absolute Gasteiger partial charge is 0.415 e. The van der Waals surface area contributed by atoms with Crippen molar-refractivity contribution in [2.75, 3.05) is 46.2 Å². The average molecular weight is 951 g/mol. The zero-order chi connectivity index (χ0) is 48.8. The summed E-state index contributed by atoms with van der Waals surface area (Å²) in [6, 6.07) is 24.9. The summed E-state index contributed by atoms with van der Waals surface area (Å²) in [7, 11) is 0. The van der Waals surface area contributed by atoms with Gasteiger partial charge in [-0.25, -0.2) is 4.79 Å². The van der Waals surface area contributed by atoms with E-state index >= 15 is 0 Å². The second kappa shape index (κ2) is 24.0. The number of oxime groups is 1. The minimum atomic E-state index is -1.69. The third-order valence-electron chi connectivity index (χ3n) is 12.7. The Labute approximate surface area is 399 Å². The second-order valence-corrected chi connectivity index (χ2v) is 17.0. The number of hydrogen-bond donors (Lipinski definition) is 3. The summed E-state index contributed by atoms with van der Waals surface area (Å²) in [5, 5.41) is 57.7. The molecule has 0 aromatic heterocycles. The van der Waals surface area contributed by atoms with Gasteiger partial charge in [0.25, 0.3) is 11.4 Å². The maximum atomic E-state index is 14.8. The summed E-state index contributed by atoms with van der Waals surface area (Å²) in [5.41, 5.74) is 2.59. The van der Waals surface area contributed by atoms with Gasteiger partial charge >= 0.3 is 6.09 Å². The molecule has 1 amide bonds. The Morgan fingerprint density at radius 1 is 0.841 bits per heavy atom. The molecule has 6 atom stereocenters. The second-order valence-electron chi connectivity index (χ2n) is 17.0. The molecular weight excluding hydrogens is 893 g/mol. The Balaban J connectivity index is 1.43. The Hall–Kier alpha value is -6.70. The maximum Gasteiger partial charge on any atom is 0.415 e. The third-order valence-corrected chi connectivity index (χ3v) is 12.7. The Kier molecular flexibility index (Phi) is 17.5. The number of allylic oxidation sites excluding steroid dienone is 1. The number of fused-ring (bicyclic) bond motifs is 2. The highest BCUT2D eigenvalue weighted by Crippen LogP contribution is 2.62. The van der Waals surface area contributed by atoms with Crippen molar-refractivity contribution in [3.05, 3.63) is 153 Å². The number of hydrogen-bond acceptors (Lipinski definition) is 15. The molecule has 0 radical (unpaired) electrons. The molecule has 1 saturated carbocycles. The fourth-order valence-electron chi connectivity index (χ4n) is 9.77. The minimum Gasteiger partial charge on any atom is -0.459 e. The van der Waals surface area contributed by atoms with Crippen molar-refractivity contribution in [1.82, 2.24) is 4.90 Å². The number of aliphatic hydroxyl groups is 3. The van der Waals surface area contributed by atoms with Gasteiger partial charge < -0.3 is 43.8 Å². The molecule has 2 aliphatic carbocycles. The van der Waals surface area contributed by atoms with E-state index in [2.05, 4.69) is 12.7 Å². The van der Waals surface area contributed by atoms with Gasteiger partial charge in [-0.05, 0) is 85.1 Å². The summed E-state index contributed by atoms with van der Waals surface area (Å²) < 4.78 is 32.4. The molecule has 6 unspecified atom stereocenters. The summed E-state index contributed by atoms with van der Waals surface area (Å²) in [4.78, 5) is 44.6. The van der Waals surface area contributed by atoms with Crippen molar-refractivity contribution in [3.63, 3.8) is 0 Å². The van der Waals surface area contributed by atoms with E-state index in [4.69, 9.17) is 33.7 Å². The maximum absolute atomic E-state index is 14.8. The molecule has 3 aliphatic rings. The van der Waals surface area contributed by atoms with Crippen LogP contribution in [-0.4, -0.2) is 99.9 Å². The molecule has 1 fully saturated rings. The molecule has 69 heavy (non-hydrogen) atoms. The Bertz CT molecular complexity index is 2450. The number of nitrogens with zero attached hydrogens (tertiary/aromatic N) is 4. The highest BCUT2D eigenvalue weighted by atomic mass is 16.7. The highest BCUT2D eigenvalue weighted by Gasteiger charge is 2.65. The van der Waals surface area contributed by atoms with E-state index < -0.39 is 39.6 Å². The van der Waals surface area contributed by atoms with Crippen molar-refractivity contribution in [2.45, 2.75) is 69.3 Å². The summed E-state index contributed by atoms with van der Waals surface area (Å²) in [5.74, 6) is -1.94. The first kappa shape index (κ1) is 50.2. The molecule has 18 heteroatoms. The van der Waals surface area contributed by atoms with Crippen LogP contribution in [-0.2, 0) is 20.9 Å². The number of nitro benzene ring substituents is 2. The van der Waals surface area contributed by atoms with Crippen LogP contribution < -0.4 is 14.2 Å². The highest BCUT2D eigenvalue weighted by molar-refractivity contribution is 6.03. The predicted octanol–water partition coefficient (Wildman–Crippen LogP) is 8.64. The van der Waals surface area contributed by atoms with Crippen molar-refractivity contribution in [3.8, 4) is 23.0 Å². The number of ether oxygens (including phenoxy) is 5. The number of aliphatic hydroxyl groups excluding tert-OH is 3. The lowest BCUT2D eigenvalue weighted by Crippen LogP contribution is -2.70. The monoisotopic (exact) mass is 950 g/mol. The van der Waals surface area contributed by atoms with Gasteiger partial charge in [0.05, 0.1) is 54.0 Å². The molecule has 366 valence electrons. The lowest BCUT2D eigenvalue weighted by atomic mass is 9.55. The van der Waals surface area contributed by atoms with E-state index in [0.717, 1.165) is 16.7 Å². The van der Waals surface area contributed by atoms with Gasteiger partial charge in [0, 0.05) is 55.9 Å². The zero-order valence-corrected chi connectivity index (χ0v) is 38.2. The predicted molar refractivity (Wildman–Crippen MR) is 253 cm³/mol. The van der Waals surface area contributed by atoms with E-state index in [1.807, 2.05) is 36.4 Å². The molecule has 1 aliphatic heterocycles. The molecule has 3 N–H and O–H groups in total. The van der Waals surface area contributed by atoms with Gasteiger partial charge in [-0.2, -0.15) is 0 Å². The SMILES string of the molecule is C=CCOC12Oc3ccc(Oc4cccc([N+](=O)[O-])c4)cc3C3C(CCCCO)C(CCCCO)C=C(C(=NOCc4ccccc4)CC1N(CCOCCO)C(=O)Oc1ccc([N+](=O)[O-])cc1)C32. The van der Waals surface area contributed by atoms with Gasteiger partial charge in [0.1, 0.15) is 35.6 Å². The van der Waals surface area contributed by atoms with Crippen LogP contribution in [0.2, 0.25) is 0 Å². The minimum absolute atomic E-state index is 0.00775. The lowest BCUT2D eigenvalue weighted by molar-refractivity contribution is -0.385. The first-order valence-corrected chi connectivity index (χ1v) is 23.2. The van der Waals surface area contributed by atoms with E-state index in [9.17, 15) is 40.3 Å². The van der Waals surface area contributed by atoms with E-state index in [0.29, 0.717) is 55.7 Å². The number of nitro groups is 2. The molecule has 0 bridgehead atoms. The molecule has 1 heterocycles. The quantitative estimate of drug-likeness (QED) is 0.0244. The van der Waals surface area contributed by atoms with Gasteiger partial charge in [-0.3, -0.25) is 25.1 Å². The van der Waals surface area contributed by atoms with Crippen molar-refractivity contribution >= 4 is 23.2 Å². The third kappa shape index (κ3) is 12.0. The number of carbonyl (C=O) groups is 1. The van der Waals surface area contributed by atoms with Gasteiger partial charge in [0.15, 0.2) is 0 Å². The number of rotatable bonds is 25. The lowest BCUT2D eigenvalue weighted by Gasteiger charge is -2.59. The van der Waals surface area contributed by atoms with Crippen LogP contribution in [0.3, 0.4) is 0 Å². The van der Waals surface area contributed by atoms with Crippen molar-refractivity contribution in [1.29, 1.82) is 0 Å². The summed E-state index contributed by atoms with van der Waals surface area (Å²) in [6.45, 7) is 3.71. The van der Waals surface area contributed by atoms with E-state index in [-0.39, 0.29) is 93.9 Å². The van der Waals surface area contributed by atoms with Crippen LogP contribution in [0.15, 0.2) is 127 Å². The van der Waals surface area contributed by atoms with Gasteiger partial charge in [-0.1, -0.05) is 66.5 Å². The Morgan fingerprint density at radius 2 is 1.57 bits per heavy atom. The number of amides is 1. The zero-order valence-electron chi connectivity index (χ0n) is 38.2. The molecule has 0 saturated heterocycles. The first-order valence-electron chi connectivity index (χ1n) is 23.2. The Morgan fingerprint density at radius 3 is 2.28 bits per heavy atom. The van der Waals surface area contributed by atoms with Crippen LogP contribution >= 0.6 is 0 Å². The van der Waals surface area contributed by atoms with Gasteiger partial charge in [-0.15, -0.1) is 6.58 Å². The van der Waals surface area contributed by atoms with Crippen molar-refractivity contribution < 1.29 is 58.5 Å². The summed E-state index contributed by atoms with van der Waals surface area (Å²) >= 11 is 0. The molecule has 0 spiro atoms. The largest absolute Gasteiger partial charge is 0.459 e. The van der Waals surface area contributed by atoms with E-state index in [1.165, 1.54) is 41.3 Å². The number of carbonyl (C=O) groups excluding carboxylic acids is 1. The average Bonchev–Trinajstić information content (AvgIpc) is 3.35. The molecule has 18 nitrogen and oxygen atoms in total. The number of non-ortho nitro benzene ring substituents is 2. The van der Waals surface area contributed by atoms with Crippen LogP contribution in [0, 0.1) is 38.0 Å². The van der Waals surface area contributed by atoms with Crippen LogP contribution in [0.4, 0.5) is 16.2 Å². The molecule has 7 rings (SSSR count). The van der Waals surface area contributed by atoms with Gasteiger partial charge in [0.2, 0.25) is 5.79 Å². The molecule has 4 aromatic rings. The van der Waals surface area contributed by atoms with E-state index in [1.54, 1.807) is 30.3 Å². The molecule has 4 aromatic carbocycles. The van der Waals surface area contributed by atoms with Crippen LogP contribution in [0.25, 0.3) is 0 Å². The van der Waals surface area contributed by atoms with Crippen LogP contribution in [0.1, 0.15) is 62.0 Å². The standard InChI is InChI=1S/C51H58N4O14/c1-2-27-65-51-47(53(23-28-64-29-26-58)50(59)68-39-19-17-37(18-20-39)54(60)61)33-45(52-66-34-35-11-4-3-5-12-35)43-30-36(13-6-8-24-56)42(16-7-9-25-57)48(49(43)51)44-32-41(21-22-46(44)69-51)67-40-15-10-14-38(31-40)55(62)63/h2-5,10-12,14-15,17-22,30-32,36,42,47-49,56-58H,1,6-9,13,16,23-29,33-34H2. The topological polar surface area (TPSA) is 235 Å². The summed E-state index contributed by atoms with van der Waals surface area (Å²) in [6.07, 6.45) is 6.85. The number of benzene rings is 4. The normalized spacial score (nSPS) is 21.8. The molecular formula is C51H58N4O14. The fraction of sp³-hybridized carbons (Fsp3) is 0.412. The number of unbranched alkanes of at least 4 members (excludes halogenated alkanes) is 2. The van der Waals surface area contributed by atoms with Crippen LogP contribution in [0.5, 0.6) is 23.0 Å². The fourth-order valence-corrected chi connectivity index (χ4v) is 9.77. The first-order chi connectivity index (χ1) is 33.6.